The Balaban J connectivity index is 0.00000948. The molecule has 0 N–H and O–H groups in total. The van der Waals surface area contributed by atoms with Crippen molar-refractivity contribution in [1.82, 2.24) is 15.0 Å². The van der Waals surface area contributed by atoms with Crippen LogP contribution in [0, 0.1) is 52.2 Å². The van der Waals surface area contributed by atoms with Crippen molar-refractivity contribution < 1.29 is 34.3 Å². The number of benzene rings is 9. The predicted molar refractivity (Wildman–Crippen MR) is 405 cm³/mol. The largest absolute Gasteiger partial charge is 3.00 e. The molecule has 0 unspecified atom stereocenters. The molecule has 13 rings (SSSR count). The van der Waals surface area contributed by atoms with Crippen LogP contribution in [0.2, 0.25) is 0 Å². The van der Waals surface area contributed by atoms with E-state index in [9.17, 15) is 0 Å². The van der Waals surface area contributed by atoms with Gasteiger partial charge in [0.05, 0.1) is 0 Å². The van der Waals surface area contributed by atoms with E-state index in [0.717, 1.165) is 155 Å². The van der Waals surface area contributed by atoms with Gasteiger partial charge in [-0.1, -0.05) is 206 Å². The quantitative estimate of drug-likeness (QED) is 0.0626. The summed E-state index contributed by atoms with van der Waals surface area (Å²) in [4.78, 5) is 32.3. The average Bonchev–Trinajstić information content (AvgIpc) is 0.755. The summed E-state index contributed by atoms with van der Waals surface area (Å²) in [5.41, 5.74) is 15.6. The Morgan fingerprint density at radius 3 is 0.790 bits per heavy atom. The molecule has 498 valence electrons. The zero-order valence-corrected chi connectivity index (χ0v) is 60.5. The third-order valence-electron chi connectivity index (χ3n) is 17.9. The Morgan fingerprint density at radius 1 is 0.320 bits per heavy atom. The van der Waals surface area contributed by atoms with E-state index in [1.165, 1.54) is 0 Å². The maximum Gasteiger partial charge on any atom is 3.00 e. The van der Waals surface area contributed by atoms with Crippen molar-refractivity contribution >= 4 is 34.2 Å². The van der Waals surface area contributed by atoms with Gasteiger partial charge in [-0.05, 0) is 195 Å². The van der Waals surface area contributed by atoms with Crippen molar-refractivity contribution in [2.24, 2.45) is 49.0 Å². The van der Waals surface area contributed by atoms with Crippen LogP contribution in [0.1, 0.15) is 81.6 Å². The van der Waals surface area contributed by atoms with Crippen LogP contribution in [0.15, 0.2) is 288 Å². The molecule has 10 heteroatoms. The number of rotatable bonds is 18. The van der Waals surface area contributed by atoms with Gasteiger partial charge in [-0.3, -0.25) is 0 Å². The van der Waals surface area contributed by atoms with Crippen LogP contribution in [0.25, 0.3) is 67.2 Å². The molecule has 0 saturated heterocycles. The van der Waals surface area contributed by atoms with Gasteiger partial charge in [0.1, 0.15) is 34.5 Å². The van der Waals surface area contributed by atoms with Crippen LogP contribution in [-0.2, 0) is 20.1 Å². The van der Waals surface area contributed by atoms with Crippen molar-refractivity contribution in [3.05, 3.63) is 292 Å². The standard InChI is InChI=1S/C90H81N6O3.Ir/c1-88(2,3)85(94-82-49-40-64(79-31-19-22-52-91-79)58-76(82)61-34-43-73(44-35-61)97-70-25-13-10-14-26-70)67-55-68(86(89(4,5)6)95-83-50-41-65(80-32-20-23-53-92-80)59-77(83)62-36-45-74(46-37-62)98-71-27-15-11-16-28-71)57-69(56-67)87(90(7,8)9)96-84-51-42-66(81-33-21-24-54-93-81)60-78(84)63-38-47-75(48-39-63)99-72-29-17-12-18-30-72;/h10-39,43-54,58-60,67-69H,55-57H2,1-9H3;/q-3;+3. The van der Waals surface area contributed by atoms with Crippen molar-refractivity contribution in [1.29, 1.82) is 0 Å². The van der Waals surface area contributed by atoms with E-state index in [2.05, 4.69) is 153 Å². The van der Waals surface area contributed by atoms with E-state index in [1.807, 2.05) is 201 Å². The van der Waals surface area contributed by atoms with Gasteiger partial charge < -0.3 is 44.1 Å². The third-order valence-corrected chi connectivity index (χ3v) is 17.9. The Labute approximate surface area is 603 Å². The molecule has 3 aromatic heterocycles. The summed E-state index contributed by atoms with van der Waals surface area (Å²) in [5.74, 6) is 4.43. The Bertz CT molecular complexity index is 4300. The number of para-hydroxylation sites is 3. The second kappa shape index (κ2) is 30.7. The van der Waals surface area contributed by atoms with Gasteiger partial charge in [0.25, 0.3) is 0 Å². The number of hydrogen-bond donors (Lipinski definition) is 0. The minimum atomic E-state index is -0.404. The summed E-state index contributed by atoms with van der Waals surface area (Å²) < 4.78 is 19.0. The monoisotopic (exact) mass is 1490 g/mol. The van der Waals surface area contributed by atoms with Crippen LogP contribution in [0.4, 0.5) is 17.1 Å². The second-order valence-corrected chi connectivity index (χ2v) is 28.4. The number of aliphatic imine (C=N–C) groups is 3. The Kier molecular flexibility index (Phi) is 21.3. The molecule has 12 aromatic rings. The molecular weight excluding hydrogens is 1410 g/mol. The maximum absolute atomic E-state index is 6.33. The van der Waals surface area contributed by atoms with Crippen LogP contribution < -0.4 is 14.2 Å². The van der Waals surface area contributed by atoms with E-state index in [1.54, 1.807) is 0 Å². The molecular formula is C90H81IrN6O3. The molecule has 0 radical (unpaired) electrons. The first kappa shape index (κ1) is 69.4. The van der Waals surface area contributed by atoms with E-state index < -0.39 is 16.2 Å². The van der Waals surface area contributed by atoms with Gasteiger partial charge in [0.2, 0.25) is 0 Å². The smallest absolute Gasteiger partial charge is 0.457 e. The number of pyridine rings is 3. The predicted octanol–water partition coefficient (Wildman–Crippen LogP) is 24.4. The fraction of sp³-hybridized carbons (Fsp3) is 0.200. The number of nitrogens with zero attached hydrogens (tertiary/aromatic N) is 6. The molecule has 9 aromatic carbocycles. The molecule has 1 aliphatic carbocycles. The maximum atomic E-state index is 6.33. The van der Waals surface area contributed by atoms with Crippen LogP contribution in [0.3, 0.4) is 0 Å². The molecule has 1 saturated carbocycles. The van der Waals surface area contributed by atoms with Crippen molar-refractivity contribution in [3.63, 3.8) is 0 Å². The second-order valence-electron chi connectivity index (χ2n) is 28.4. The minimum absolute atomic E-state index is 0. The molecule has 100 heavy (non-hydrogen) atoms. The summed E-state index contributed by atoms with van der Waals surface area (Å²) >= 11 is 0. The van der Waals surface area contributed by atoms with Gasteiger partial charge in [0, 0.05) is 35.7 Å². The average molecular weight is 1490 g/mol. The van der Waals surface area contributed by atoms with Gasteiger partial charge in [0.15, 0.2) is 0 Å². The third kappa shape index (κ3) is 17.0. The van der Waals surface area contributed by atoms with Crippen LogP contribution in [0.5, 0.6) is 34.5 Å². The van der Waals surface area contributed by atoms with E-state index in [4.69, 9.17) is 44.1 Å². The molecule has 0 atom stereocenters. The topological polar surface area (TPSA) is 103 Å². The first-order valence-corrected chi connectivity index (χ1v) is 34.1. The zero-order chi connectivity index (χ0) is 68.5. The molecule has 9 nitrogen and oxygen atoms in total. The van der Waals surface area contributed by atoms with Gasteiger partial charge >= 0.3 is 20.1 Å². The SMILES string of the molecule is CC(C)(C)C(=Nc1c[c-]c(-c2ccccn2)cc1-c1ccc(Oc2ccccc2)cc1)C1CC(C(=Nc2c[c-]c(-c3ccccn3)cc2-c2ccc(Oc3ccccc3)cc2)C(C)(C)C)CC(C(=Nc2c[c-]c(-c3ccccn3)cc2-c2ccc(Oc3ccccc3)cc2)C(C)(C)C)C1.[Ir+3]. The van der Waals surface area contributed by atoms with E-state index in [0.29, 0.717) is 0 Å². The van der Waals surface area contributed by atoms with Gasteiger partial charge in [-0.2, -0.15) is 0 Å². The molecule has 3 heterocycles. The van der Waals surface area contributed by atoms with Crippen molar-refractivity contribution in [2.45, 2.75) is 81.6 Å². The van der Waals surface area contributed by atoms with Crippen molar-refractivity contribution in [3.8, 4) is 102 Å². The molecule has 0 bridgehead atoms. The first-order valence-electron chi connectivity index (χ1n) is 34.1. The molecule has 0 aliphatic heterocycles. The van der Waals surface area contributed by atoms with E-state index in [-0.39, 0.29) is 37.9 Å². The van der Waals surface area contributed by atoms with Crippen LogP contribution >= 0.6 is 0 Å². The van der Waals surface area contributed by atoms with E-state index >= 15 is 0 Å². The summed E-state index contributed by atoms with van der Waals surface area (Å²) in [6.45, 7) is 20.8. The molecule has 0 amide bonds. The Morgan fingerprint density at radius 2 is 0.560 bits per heavy atom. The fourth-order valence-corrected chi connectivity index (χ4v) is 13.4. The van der Waals surface area contributed by atoms with Gasteiger partial charge in [-0.15, -0.1) is 71.3 Å². The van der Waals surface area contributed by atoms with Crippen LogP contribution in [-0.4, -0.2) is 32.1 Å². The fourth-order valence-electron chi connectivity index (χ4n) is 13.4. The summed E-state index contributed by atoms with van der Waals surface area (Å²) in [6.07, 6.45) is 7.87. The minimum Gasteiger partial charge on any atom is -0.457 e. The molecule has 0 spiro atoms. The summed E-state index contributed by atoms with van der Waals surface area (Å²) in [5, 5.41) is 0. The number of ether oxygens (including phenoxy) is 3. The number of hydrogen-bond acceptors (Lipinski definition) is 9. The van der Waals surface area contributed by atoms with Gasteiger partial charge in [-0.25, -0.2) is 0 Å². The normalized spacial score (nSPS) is 15.3. The molecule has 1 aliphatic rings. The number of aromatic nitrogens is 3. The van der Waals surface area contributed by atoms with Crippen molar-refractivity contribution in [2.75, 3.05) is 0 Å². The zero-order valence-electron chi connectivity index (χ0n) is 58.1. The Hall–Kier alpha value is -10.5. The first-order chi connectivity index (χ1) is 47.9. The molecule has 1 fully saturated rings. The summed E-state index contributed by atoms with van der Waals surface area (Å²) in [7, 11) is 0. The summed E-state index contributed by atoms with van der Waals surface area (Å²) in [6, 6.07) is 96.2.